The molecule has 0 aromatic heterocycles. The quantitative estimate of drug-likeness (QED) is 0.713. The number of carbonyl (C=O) groups excluding carboxylic acids is 2. The van der Waals surface area contributed by atoms with Crippen LogP contribution in [0.1, 0.15) is 18.4 Å². The van der Waals surface area contributed by atoms with E-state index in [1.165, 1.54) is 6.08 Å². The Morgan fingerprint density at radius 1 is 1.23 bits per heavy atom. The predicted molar refractivity (Wildman–Crippen MR) is 101 cm³/mol. The van der Waals surface area contributed by atoms with Gasteiger partial charge in [-0.3, -0.25) is 9.59 Å². The molecule has 1 saturated heterocycles. The first-order chi connectivity index (χ1) is 12.4. The normalized spacial score (nSPS) is 16.8. The van der Waals surface area contributed by atoms with Crippen LogP contribution in [-0.4, -0.2) is 70.7 Å². The minimum Gasteiger partial charge on any atom is -0.394 e. The second-order valence-corrected chi connectivity index (χ2v) is 6.90. The number of hydrogen-bond donors (Lipinski definition) is 2. The Bertz CT molecular complexity index is 681. The van der Waals surface area contributed by atoms with Crippen molar-refractivity contribution in [3.8, 4) is 0 Å². The van der Waals surface area contributed by atoms with Gasteiger partial charge in [0.2, 0.25) is 11.8 Å². The average molecular weight is 401 g/mol. The van der Waals surface area contributed by atoms with Gasteiger partial charge in [-0.05, 0) is 30.2 Å². The van der Waals surface area contributed by atoms with Crippen molar-refractivity contribution in [2.45, 2.75) is 18.9 Å². The molecule has 0 bridgehead atoms. The Hall–Kier alpha value is -1.60. The third-order valence-corrected chi connectivity index (χ3v) is 4.94. The van der Waals surface area contributed by atoms with E-state index in [4.69, 9.17) is 28.3 Å². The first-order valence-electron chi connectivity index (χ1n) is 8.39. The molecule has 1 fully saturated rings. The van der Waals surface area contributed by atoms with Crippen LogP contribution < -0.4 is 0 Å². The van der Waals surface area contributed by atoms with Crippen LogP contribution in [0.15, 0.2) is 24.3 Å². The molecule has 2 N–H and O–H groups in total. The molecule has 1 aromatic rings. The largest absolute Gasteiger partial charge is 0.394 e. The fourth-order valence-corrected chi connectivity index (χ4v) is 2.92. The lowest BCUT2D eigenvalue weighted by Gasteiger charge is -2.22. The number of hydrogen-bond acceptors (Lipinski definition) is 4. The van der Waals surface area contributed by atoms with Gasteiger partial charge < -0.3 is 20.0 Å². The highest BCUT2D eigenvalue weighted by atomic mass is 35.5. The van der Waals surface area contributed by atoms with Crippen LogP contribution in [0.25, 0.3) is 6.08 Å². The van der Waals surface area contributed by atoms with Gasteiger partial charge in [0, 0.05) is 38.7 Å². The van der Waals surface area contributed by atoms with Crippen molar-refractivity contribution in [2.24, 2.45) is 0 Å². The van der Waals surface area contributed by atoms with E-state index in [0.29, 0.717) is 42.6 Å². The highest BCUT2D eigenvalue weighted by molar-refractivity contribution is 6.42. The Balaban J connectivity index is 1.92. The topological polar surface area (TPSA) is 81.1 Å². The number of aliphatic hydroxyl groups is 2. The zero-order chi connectivity index (χ0) is 19.1. The SMILES string of the molecule is O=C(/C=C/c1ccc(Cl)c(Cl)c1)N1CCC(=O)N(CC[C@H](O)CO)CC1. The van der Waals surface area contributed by atoms with Gasteiger partial charge in [-0.25, -0.2) is 0 Å². The second-order valence-electron chi connectivity index (χ2n) is 6.09. The first kappa shape index (κ1) is 20.7. The maximum absolute atomic E-state index is 12.4. The summed E-state index contributed by atoms with van der Waals surface area (Å²) in [5.41, 5.74) is 0.762. The lowest BCUT2D eigenvalue weighted by Crippen LogP contribution is -2.36. The number of benzene rings is 1. The maximum Gasteiger partial charge on any atom is 0.246 e. The Labute approximate surface area is 162 Å². The number of aliphatic hydroxyl groups excluding tert-OH is 2. The fourth-order valence-electron chi connectivity index (χ4n) is 2.61. The Morgan fingerprint density at radius 3 is 2.69 bits per heavy atom. The monoisotopic (exact) mass is 400 g/mol. The van der Waals surface area contributed by atoms with Crippen molar-refractivity contribution in [1.82, 2.24) is 9.80 Å². The van der Waals surface area contributed by atoms with E-state index in [0.717, 1.165) is 5.56 Å². The van der Waals surface area contributed by atoms with Crippen LogP contribution in [0.5, 0.6) is 0 Å². The van der Waals surface area contributed by atoms with Crippen molar-refractivity contribution in [3.63, 3.8) is 0 Å². The summed E-state index contributed by atoms with van der Waals surface area (Å²) in [6.07, 6.45) is 2.83. The molecule has 2 rings (SSSR count). The maximum atomic E-state index is 12.4. The second kappa shape index (κ2) is 9.92. The molecule has 0 radical (unpaired) electrons. The summed E-state index contributed by atoms with van der Waals surface area (Å²) in [6, 6.07) is 5.10. The summed E-state index contributed by atoms with van der Waals surface area (Å²) in [5, 5.41) is 19.1. The summed E-state index contributed by atoms with van der Waals surface area (Å²) in [5.74, 6) is -0.236. The van der Waals surface area contributed by atoms with Crippen LogP contribution in [0, 0.1) is 0 Å². The van der Waals surface area contributed by atoms with Gasteiger partial charge in [-0.15, -0.1) is 0 Å². The van der Waals surface area contributed by atoms with E-state index < -0.39 is 6.10 Å². The van der Waals surface area contributed by atoms with Crippen LogP contribution >= 0.6 is 23.2 Å². The summed E-state index contributed by atoms with van der Waals surface area (Å²) in [7, 11) is 0. The standard InChI is InChI=1S/C18H22Cl2N2O4/c19-15-3-1-13(11-16(15)20)2-4-17(25)22-8-6-18(26)21(9-10-22)7-5-14(24)12-23/h1-4,11,14,23-24H,5-10,12H2/b4-2+/t14-/m0/s1. The van der Waals surface area contributed by atoms with Crippen molar-refractivity contribution in [1.29, 1.82) is 0 Å². The lowest BCUT2D eigenvalue weighted by atomic mass is 10.2. The molecule has 0 saturated carbocycles. The number of nitrogens with zero attached hydrogens (tertiary/aromatic N) is 2. The van der Waals surface area contributed by atoms with Crippen LogP contribution in [0.2, 0.25) is 10.0 Å². The third-order valence-electron chi connectivity index (χ3n) is 4.20. The van der Waals surface area contributed by atoms with E-state index in [-0.39, 0.29) is 24.8 Å². The molecule has 26 heavy (non-hydrogen) atoms. The van der Waals surface area contributed by atoms with E-state index in [9.17, 15) is 14.7 Å². The molecule has 1 atom stereocenters. The fraction of sp³-hybridized carbons (Fsp3) is 0.444. The highest BCUT2D eigenvalue weighted by Crippen LogP contribution is 2.23. The van der Waals surface area contributed by atoms with Gasteiger partial charge in [-0.1, -0.05) is 29.3 Å². The summed E-state index contributed by atoms with van der Waals surface area (Å²) >= 11 is 11.8. The molecule has 0 unspecified atom stereocenters. The predicted octanol–water partition coefficient (Wildman–Crippen LogP) is 1.81. The summed E-state index contributed by atoms with van der Waals surface area (Å²) in [4.78, 5) is 27.7. The number of halogens is 2. The van der Waals surface area contributed by atoms with Crippen molar-refractivity contribution in [3.05, 3.63) is 39.9 Å². The lowest BCUT2D eigenvalue weighted by molar-refractivity contribution is -0.130. The average Bonchev–Trinajstić information content (AvgIpc) is 2.82. The van der Waals surface area contributed by atoms with Gasteiger partial charge in [0.1, 0.15) is 0 Å². The molecule has 6 nitrogen and oxygen atoms in total. The van der Waals surface area contributed by atoms with Gasteiger partial charge in [0.15, 0.2) is 0 Å². The van der Waals surface area contributed by atoms with Crippen molar-refractivity contribution >= 4 is 41.1 Å². The molecular weight excluding hydrogens is 379 g/mol. The van der Waals surface area contributed by atoms with Gasteiger partial charge in [0.25, 0.3) is 0 Å². The minimum atomic E-state index is -0.835. The summed E-state index contributed by atoms with van der Waals surface area (Å²) < 4.78 is 0. The number of amides is 2. The molecule has 142 valence electrons. The molecule has 1 aliphatic rings. The van der Waals surface area contributed by atoms with Crippen LogP contribution in [0.3, 0.4) is 0 Å². The highest BCUT2D eigenvalue weighted by Gasteiger charge is 2.23. The van der Waals surface area contributed by atoms with Crippen LogP contribution in [-0.2, 0) is 9.59 Å². The Morgan fingerprint density at radius 2 is 2.00 bits per heavy atom. The smallest absolute Gasteiger partial charge is 0.246 e. The molecule has 0 spiro atoms. The third kappa shape index (κ3) is 5.99. The van der Waals surface area contributed by atoms with E-state index in [2.05, 4.69) is 0 Å². The van der Waals surface area contributed by atoms with E-state index >= 15 is 0 Å². The minimum absolute atomic E-state index is 0.0566. The van der Waals surface area contributed by atoms with Gasteiger partial charge in [-0.2, -0.15) is 0 Å². The molecule has 0 aliphatic carbocycles. The molecule has 1 aliphatic heterocycles. The van der Waals surface area contributed by atoms with E-state index in [1.54, 1.807) is 34.1 Å². The number of rotatable bonds is 6. The molecular formula is C18H22Cl2N2O4. The van der Waals surface area contributed by atoms with Crippen LogP contribution in [0.4, 0.5) is 0 Å². The zero-order valence-electron chi connectivity index (χ0n) is 14.3. The van der Waals surface area contributed by atoms with Crippen molar-refractivity contribution in [2.75, 3.05) is 32.8 Å². The molecule has 1 heterocycles. The molecule has 1 aromatic carbocycles. The van der Waals surface area contributed by atoms with Gasteiger partial charge in [0.05, 0.1) is 22.8 Å². The van der Waals surface area contributed by atoms with E-state index in [1.807, 2.05) is 0 Å². The zero-order valence-corrected chi connectivity index (χ0v) is 15.8. The molecule has 8 heteroatoms. The Kier molecular flexibility index (Phi) is 7.90. The molecule has 2 amide bonds. The first-order valence-corrected chi connectivity index (χ1v) is 9.15. The summed E-state index contributed by atoms with van der Waals surface area (Å²) in [6.45, 7) is 1.21. The van der Waals surface area contributed by atoms with Gasteiger partial charge >= 0.3 is 0 Å². The van der Waals surface area contributed by atoms with Crippen molar-refractivity contribution < 1.29 is 19.8 Å². The number of carbonyl (C=O) groups is 2.